The number of nitro benzene ring substituents is 1. The smallest absolute Gasteiger partial charge is 0.337 e. The van der Waals surface area contributed by atoms with Gasteiger partial charge in [-0.25, -0.2) is 9.78 Å². The van der Waals surface area contributed by atoms with Crippen LogP contribution in [0.5, 0.6) is 0 Å². The summed E-state index contributed by atoms with van der Waals surface area (Å²) in [4.78, 5) is 27.0. The van der Waals surface area contributed by atoms with Crippen molar-refractivity contribution < 1.29 is 14.5 Å². The molecule has 194 valence electrons. The fraction of sp³-hybridized carbons (Fsp3) is 0.0968. The summed E-state index contributed by atoms with van der Waals surface area (Å²) in [6, 6.07) is 30.2. The number of benzene rings is 4. The minimum Gasteiger partial charge on any atom is -0.465 e. The topological polar surface area (TPSA) is 99.3 Å². The molecule has 5 rings (SSSR count). The van der Waals surface area contributed by atoms with Crippen LogP contribution in [0, 0.1) is 10.1 Å². The van der Waals surface area contributed by atoms with Gasteiger partial charge in [-0.15, -0.1) is 0 Å². The zero-order valence-electron chi connectivity index (χ0n) is 21.3. The standard InChI is InChI=1S/C31H26N4O4/c1-39-31(36)25-9-5-8-24(16-25)29-15-12-26(17-30(29)23-6-3-2-4-7-23)33-19-28-18-32-21-34(28)20-22-10-13-27(14-11-22)35(37)38/h2-18,21,33H,19-20H2,1H3. The maximum absolute atomic E-state index is 12.1. The number of nitrogens with one attached hydrogen (secondary N) is 1. The van der Waals surface area contributed by atoms with Crippen molar-refractivity contribution in [1.29, 1.82) is 0 Å². The molecular weight excluding hydrogens is 492 g/mol. The van der Waals surface area contributed by atoms with E-state index in [4.69, 9.17) is 4.74 Å². The molecule has 4 aromatic carbocycles. The molecule has 0 saturated heterocycles. The fourth-order valence-corrected chi connectivity index (χ4v) is 4.44. The molecule has 0 saturated carbocycles. The van der Waals surface area contributed by atoms with Gasteiger partial charge in [-0.1, -0.05) is 60.7 Å². The third-order valence-electron chi connectivity index (χ3n) is 6.47. The van der Waals surface area contributed by atoms with Crippen LogP contribution < -0.4 is 5.32 Å². The Hall–Kier alpha value is -5.24. The van der Waals surface area contributed by atoms with Crippen molar-refractivity contribution in [3.05, 3.63) is 137 Å². The number of hydrogen-bond acceptors (Lipinski definition) is 6. The van der Waals surface area contributed by atoms with Gasteiger partial charge >= 0.3 is 5.97 Å². The first-order chi connectivity index (χ1) is 19.0. The summed E-state index contributed by atoms with van der Waals surface area (Å²) in [5, 5.41) is 14.4. The molecule has 39 heavy (non-hydrogen) atoms. The summed E-state index contributed by atoms with van der Waals surface area (Å²) in [5.41, 5.74) is 7.44. The van der Waals surface area contributed by atoms with E-state index in [-0.39, 0.29) is 11.7 Å². The summed E-state index contributed by atoms with van der Waals surface area (Å²) in [5.74, 6) is -0.373. The molecule has 0 amide bonds. The first kappa shape index (κ1) is 25.4. The second-order valence-electron chi connectivity index (χ2n) is 8.99. The Balaban J connectivity index is 1.39. The fourth-order valence-electron chi connectivity index (χ4n) is 4.44. The molecular formula is C31H26N4O4. The molecule has 0 aliphatic heterocycles. The van der Waals surface area contributed by atoms with Crippen LogP contribution in [0.3, 0.4) is 0 Å². The molecule has 0 fully saturated rings. The third kappa shape index (κ3) is 5.86. The van der Waals surface area contributed by atoms with Crippen LogP contribution in [0.4, 0.5) is 11.4 Å². The predicted octanol–water partition coefficient (Wildman–Crippen LogP) is 6.57. The molecule has 0 bridgehead atoms. The Kier molecular flexibility index (Phi) is 7.45. The summed E-state index contributed by atoms with van der Waals surface area (Å²) in [6.45, 7) is 1.10. The van der Waals surface area contributed by atoms with Crippen LogP contribution in [0.2, 0.25) is 0 Å². The first-order valence-electron chi connectivity index (χ1n) is 12.4. The maximum Gasteiger partial charge on any atom is 0.337 e. The van der Waals surface area contributed by atoms with E-state index >= 15 is 0 Å². The van der Waals surface area contributed by atoms with Gasteiger partial charge in [0.25, 0.3) is 5.69 Å². The Morgan fingerprint density at radius 2 is 1.69 bits per heavy atom. The Morgan fingerprint density at radius 1 is 0.923 bits per heavy atom. The lowest BCUT2D eigenvalue weighted by Gasteiger charge is -2.15. The van der Waals surface area contributed by atoms with Gasteiger partial charge in [-0.3, -0.25) is 10.1 Å². The number of nitrogens with zero attached hydrogens (tertiary/aromatic N) is 3. The van der Waals surface area contributed by atoms with Crippen molar-refractivity contribution in [3.63, 3.8) is 0 Å². The summed E-state index contributed by atoms with van der Waals surface area (Å²) in [6.07, 6.45) is 3.56. The number of methoxy groups -OCH3 is 1. The average molecular weight is 519 g/mol. The lowest BCUT2D eigenvalue weighted by Crippen LogP contribution is -2.08. The Labute approximate surface area is 225 Å². The number of imidazole rings is 1. The second kappa shape index (κ2) is 11.4. The van der Waals surface area contributed by atoms with Crippen molar-refractivity contribution in [1.82, 2.24) is 9.55 Å². The van der Waals surface area contributed by atoms with Crippen LogP contribution in [0.1, 0.15) is 21.6 Å². The SMILES string of the molecule is COC(=O)c1cccc(-c2ccc(NCc3cncn3Cc3ccc([N+](=O)[O-])cc3)cc2-c2ccccc2)c1. The van der Waals surface area contributed by atoms with Gasteiger partial charge in [0.2, 0.25) is 0 Å². The number of aromatic nitrogens is 2. The van der Waals surface area contributed by atoms with Crippen LogP contribution in [-0.4, -0.2) is 27.6 Å². The number of nitro groups is 1. The lowest BCUT2D eigenvalue weighted by atomic mass is 9.93. The molecule has 0 spiro atoms. The highest BCUT2D eigenvalue weighted by Crippen LogP contribution is 2.35. The Morgan fingerprint density at radius 3 is 2.44 bits per heavy atom. The zero-order valence-corrected chi connectivity index (χ0v) is 21.3. The van der Waals surface area contributed by atoms with Gasteiger partial charge in [-0.05, 0) is 52.1 Å². The van der Waals surface area contributed by atoms with Gasteiger partial charge < -0.3 is 14.6 Å². The van der Waals surface area contributed by atoms with Crippen molar-refractivity contribution in [2.45, 2.75) is 13.1 Å². The van der Waals surface area contributed by atoms with Crippen molar-refractivity contribution in [2.24, 2.45) is 0 Å². The summed E-state index contributed by atoms with van der Waals surface area (Å²) >= 11 is 0. The molecule has 1 N–H and O–H groups in total. The van der Waals surface area contributed by atoms with E-state index in [1.807, 2.05) is 53.2 Å². The zero-order chi connectivity index (χ0) is 27.2. The minimum atomic E-state index is -0.402. The number of non-ortho nitro benzene ring substituents is 1. The minimum absolute atomic E-state index is 0.0703. The van der Waals surface area contributed by atoms with Gasteiger partial charge in [-0.2, -0.15) is 0 Å². The number of esters is 1. The predicted molar refractivity (Wildman–Crippen MR) is 150 cm³/mol. The van der Waals surface area contributed by atoms with Gasteiger partial charge in [0.1, 0.15) is 0 Å². The first-order valence-corrected chi connectivity index (χ1v) is 12.4. The monoisotopic (exact) mass is 518 g/mol. The highest BCUT2D eigenvalue weighted by atomic mass is 16.6. The molecule has 5 aromatic rings. The molecule has 0 unspecified atom stereocenters. The average Bonchev–Trinajstić information content (AvgIpc) is 3.43. The Bertz CT molecular complexity index is 1610. The lowest BCUT2D eigenvalue weighted by molar-refractivity contribution is -0.384. The molecule has 0 radical (unpaired) electrons. The van der Waals surface area contributed by atoms with E-state index in [9.17, 15) is 14.9 Å². The van der Waals surface area contributed by atoms with Crippen molar-refractivity contribution >= 4 is 17.3 Å². The number of ether oxygens (including phenoxy) is 1. The van der Waals surface area contributed by atoms with Crippen LogP contribution >= 0.6 is 0 Å². The van der Waals surface area contributed by atoms with Gasteiger partial charge in [0.05, 0.1) is 36.2 Å². The van der Waals surface area contributed by atoms with Crippen molar-refractivity contribution in [3.8, 4) is 22.3 Å². The van der Waals surface area contributed by atoms with Crippen LogP contribution in [0.25, 0.3) is 22.3 Å². The van der Waals surface area contributed by atoms with E-state index in [0.717, 1.165) is 39.2 Å². The van der Waals surface area contributed by atoms with Crippen LogP contribution in [-0.2, 0) is 17.8 Å². The number of carbonyl (C=O) groups is 1. The summed E-state index contributed by atoms with van der Waals surface area (Å²) < 4.78 is 6.92. The number of hydrogen-bond donors (Lipinski definition) is 1. The molecule has 1 heterocycles. The van der Waals surface area contributed by atoms with Crippen molar-refractivity contribution in [2.75, 3.05) is 12.4 Å². The molecule has 0 atom stereocenters. The highest BCUT2D eigenvalue weighted by molar-refractivity contribution is 5.93. The normalized spacial score (nSPS) is 10.7. The van der Waals surface area contributed by atoms with E-state index in [1.54, 1.807) is 24.5 Å². The van der Waals surface area contributed by atoms with E-state index in [0.29, 0.717) is 18.7 Å². The van der Waals surface area contributed by atoms with Crippen LogP contribution in [0.15, 0.2) is 110 Å². The van der Waals surface area contributed by atoms with Gasteiger partial charge in [0.15, 0.2) is 0 Å². The number of anilines is 1. The second-order valence-corrected chi connectivity index (χ2v) is 8.99. The summed E-state index contributed by atoms with van der Waals surface area (Å²) in [7, 11) is 1.38. The highest BCUT2D eigenvalue weighted by Gasteiger charge is 2.13. The largest absolute Gasteiger partial charge is 0.465 e. The molecule has 0 aliphatic carbocycles. The van der Waals surface area contributed by atoms with Gasteiger partial charge in [0, 0.05) is 30.6 Å². The molecule has 8 nitrogen and oxygen atoms in total. The molecule has 1 aromatic heterocycles. The van der Waals surface area contributed by atoms with E-state index in [2.05, 4.69) is 34.6 Å². The third-order valence-corrected chi connectivity index (χ3v) is 6.47. The maximum atomic E-state index is 12.1. The molecule has 0 aliphatic rings. The van der Waals surface area contributed by atoms with E-state index < -0.39 is 4.92 Å². The number of rotatable bonds is 9. The van der Waals surface area contributed by atoms with E-state index in [1.165, 1.54) is 19.2 Å². The number of carbonyl (C=O) groups excluding carboxylic acids is 1. The quantitative estimate of drug-likeness (QED) is 0.135. The molecule has 8 heteroatoms.